The number of fused-ring (bicyclic) bond motifs is 6. The first-order valence-corrected chi connectivity index (χ1v) is 26.0. The maximum absolute atomic E-state index is 2.56. The molecule has 0 aromatic heterocycles. The number of anilines is 6. The number of nitrogens with zero attached hydrogens (tertiary/aromatic N) is 2. The third kappa shape index (κ3) is 5.43. The molecular formula is C48H48N2Si2. The van der Waals surface area contributed by atoms with Gasteiger partial charge in [-0.3, -0.25) is 0 Å². The summed E-state index contributed by atoms with van der Waals surface area (Å²) in [6, 6.07) is 51.0. The fraction of sp³-hybridized carbons (Fsp3) is 0.208. The second-order valence-corrected chi connectivity index (χ2v) is 26.9. The van der Waals surface area contributed by atoms with E-state index in [2.05, 4.69) is 183 Å². The predicted molar refractivity (Wildman–Crippen MR) is 232 cm³/mol. The minimum atomic E-state index is -1.87. The lowest BCUT2D eigenvalue weighted by atomic mass is 10.00. The Morgan fingerprint density at radius 3 is 0.923 bits per heavy atom. The van der Waals surface area contributed by atoms with E-state index in [9.17, 15) is 0 Å². The third-order valence-electron chi connectivity index (χ3n) is 11.4. The van der Waals surface area contributed by atoms with E-state index < -0.39 is 16.1 Å². The summed E-state index contributed by atoms with van der Waals surface area (Å²) >= 11 is 0. The number of hydrogen-bond donors (Lipinski definition) is 0. The Hall–Kier alpha value is -4.91. The Labute approximate surface area is 311 Å². The van der Waals surface area contributed by atoms with Gasteiger partial charge in [0, 0.05) is 34.1 Å². The van der Waals surface area contributed by atoms with Crippen molar-refractivity contribution in [2.24, 2.45) is 0 Å². The zero-order chi connectivity index (χ0) is 35.8. The monoisotopic (exact) mass is 708 g/mol. The van der Waals surface area contributed by atoms with Crippen LogP contribution in [0.15, 0.2) is 133 Å². The average molecular weight is 709 g/mol. The van der Waals surface area contributed by atoms with Crippen molar-refractivity contribution in [1.29, 1.82) is 0 Å². The molecule has 2 heterocycles. The zero-order valence-electron chi connectivity index (χ0n) is 31.4. The van der Waals surface area contributed by atoms with E-state index in [0.29, 0.717) is 0 Å². The van der Waals surface area contributed by atoms with Gasteiger partial charge in [0.15, 0.2) is 0 Å². The van der Waals surface area contributed by atoms with Crippen LogP contribution < -0.4 is 20.2 Å². The smallest absolute Gasteiger partial charge is 0.0792 e. The minimum Gasteiger partial charge on any atom is -0.310 e. The van der Waals surface area contributed by atoms with Gasteiger partial charge in [-0.25, -0.2) is 0 Å². The molecule has 0 spiro atoms. The van der Waals surface area contributed by atoms with Crippen LogP contribution in [-0.2, 0) is 25.7 Å². The van der Waals surface area contributed by atoms with Crippen LogP contribution in [0.5, 0.6) is 0 Å². The van der Waals surface area contributed by atoms with Gasteiger partial charge in [0.2, 0.25) is 0 Å². The molecule has 0 radical (unpaired) electrons. The molecule has 258 valence electrons. The lowest BCUT2D eigenvalue weighted by Crippen LogP contribution is -2.44. The summed E-state index contributed by atoms with van der Waals surface area (Å²) in [6.45, 7) is 15.2. The van der Waals surface area contributed by atoms with Crippen LogP contribution in [0.3, 0.4) is 0 Å². The van der Waals surface area contributed by atoms with Crippen molar-refractivity contribution in [3.63, 3.8) is 0 Å². The van der Waals surface area contributed by atoms with Gasteiger partial charge >= 0.3 is 0 Å². The molecule has 0 saturated heterocycles. The Kier molecular flexibility index (Phi) is 7.83. The van der Waals surface area contributed by atoms with E-state index in [1.807, 2.05) is 0 Å². The highest BCUT2D eigenvalue weighted by atomic mass is 28.3. The highest BCUT2D eigenvalue weighted by Crippen LogP contribution is 2.45. The summed E-state index contributed by atoms with van der Waals surface area (Å²) in [5.74, 6) is 0. The predicted octanol–water partition coefficient (Wildman–Crippen LogP) is 12.2. The van der Waals surface area contributed by atoms with E-state index in [1.54, 1.807) is 10.4 Å². The molecule has 7 aromatic rings. The summed E-state index contributed by atoms with van der Waals surface area (Å²) in [5, 5.41) is 8.91. The van der Waals surface area contributed by atoms with Crippen molar-refractivity contribution in [3.05, 3.63) is 156 Å². The summed E-state index contributed by atoms with van der Waals surface area (Å²) in [7, 11) is -3.73. The van der Waals surface area contributed by atoms with Gasteiger partial charge in [-0.2, -0.15) is 0 Å². The Bertz CT molecular complexity index is 2250. The molecule has 0 N–H and O–H groups in total. The highest BCUT2D eigenvalue weighted by Gasteiger charge is 2.32. The molecule has 0 unspecified atom stereocenters. The highest BCUT2D eigenvalue weighted by molar-refractivity contribution is 6.95. The largest absolute Gasteiger partial charge is 0.310 e. The number of hydrogen-bond acceptors (Lipinski definition) is 2. The quantitative estimate of drug-likeness (QED) is 0.133. The van der Waals surface area contributed by atoms with E-state index >= 15 is 0 Å². The molecule has 7 aromatic carbocycles. The van der Waals surface area contributed by atoms with E-state index in [1.165, 1.54) is 77.9 Å². The Morgan fingerprint density at radius 1 is 0.346 bits per heavy atom. The van der Waals surface area contributed by atoms with Crippen LogP contribution >= 0.6 is 0 Å². The number of aryl methyl sites for hydroxylation is 4. The molecule has 52 heavy (non-hydrogen) atoms. The van der Waals surface area contributed by atoms with E-state index in [0.717, 1.165) is 25.7 Å². The van der Waals surface area contributed by atoms with Gasteiger partial charge in [0.25, 0.3) is 0 Å². The summed E-state index contributed by atoms with van der Waals surface area (Å²) in [4.78, 5) is 5.08. The molecule has 2 aliphatic rings. The van der Waals surface area contributed by atoms with Crippen molar-refractivity contribution in [3.8, 4) is 0 Å². The van der Waals surface area contributed by atoms with Crippen LogP contribution in [0, 0.1) is 0 Å². The van der Waals surface area contributed by atoms with E-state index in [-0.39, 0.29) is 0 Å². The van der Waals surface area contributed by atoms with Crippen molar-refractivity contribution in [2.45, 2.75) is 65.0 Å². The van der Waals surface area contributed by atoms with Gasteiger partial charge in [-0.1, -0.05) is 124 Å². The Balaban J connectivity index is 1.34. The van der Waals surface area contributed by atoms with Crippen molar-refractivity contribution < 1.29 is 0 Å². The molecular weight excluding hydrogens is 661 g/mol. The molecule has 4 heteroatoms. The van der Waals surface area contributed by atoms with Crippen LogP contribution in [0.4, 0.5) is 34.1 Å². The minimum absolute atomic E-state index is 1.05. The SMILES string of the molecule is C[Si](C)(C)c1c2ccc(N3c4ccccc4CCc4ccccc43)cc2c([Si](C)(C)C)c2ccc(N3c4ccccc4CCc4ccccc43)cc12. The second kappa shape index (κ2) is 12.4. The molecule has 9 rings (SSSR count). The van der Waals surface area contributed by atoms with Gasteiger partial charge in [0.1, 0.15) is 0 Å². The second-order valence-electron chi connectivity index (χ2n) is 16.9. The molecule has 0 saturated carbocycles. The molecule has 2 aliphatic heterocycles. The number of benzene rings is 7. The normalized spacial score (nSPS) is 14.3. The average Bonchev–Trinajstić information content (AvgIpc) is 3.40. The number of rotatable bonds is 4. The van der Waals surface area contributed by atoms with Gasteiger partial charge in [0.05, 0.1) is 16.1 Å². The van der Waals surface area contributed by atoms with Crippen molar-refractivity contribution >= 4 is 82.2 Å². The van der Waals surface area contributed by atoms with Gasteiger partial charge in [-0.05, 0) is 128 Å². The molecule has 2 nitrogen and oxygen atoms in total. The Morgan fingerprint density at radius 2 is 0.635 bits per heavy atom. The summed E-state index contributed by atoms with van der Waals surface area (Å²) in [5.41, 5.74) is 13.4. The summed E-state index contributed by atoms with van der Waals surface area (Å²) in [6.07, 6.45) is 4.21. The fourth-order valence-corrected chi connectivity index (χ4v) is 13.3. The van der Waals surface area contributed by atoms with Crippen LogP contribution in [0.25, 0.3) is 21.5 Å². The first-order chi connectivity index (χ1) is 25.1. The molecule has 0 amide bonds. The lowest BCUT2D eigenvalue weighted by Gasteiger charge is -2.32. The molecule has 0 bridgehead atoms. The fourth-order valence-electron chi connectivity index (χ4n) is 9.21. The zero-order valence-corrected chi connectivity index (χ0v) is 33.4. The van der Waals surface area contributed by atoms with Gasteiger partial charge in [-0.15, -0.1) is 0 Å². The lowest BCUT2D eigenvalue weighted by molar-refractivity contribution is 0.977. The maximum atomic E-state index is 2.56. The number of para-hydroxylation sites is 4. The first kappa shape index (κ1) is 33.0. The summed E-state index contributed by atoms with van der Waals surface area (Å²) < 4.78 is 0. The van der Waals surface area contributed by atoms with Crippen molar-refractivity contribution in [1.82, 2.24) is 0 Å². The third-order valence-corrected chi connectivity index (χ3v) is 15.4. The standard InChI is InChI=1S/C48H48N2Si2/c1-51(2,3)47-39-29-27-38(50-45-21-13-9-17-35(45)25-26-36-18-10-14-22-46(36)50)32-42(39)48(52(4,5)6)40-30-28-37(31-41(40)47)49-43-19-11-7-15-33(43)23-24-34-16-8-12-20-44(34)49/h7-22,27-32H,23-26H2,1-6H3. The molecule has 0 fully saturated rings. The topological polar surface area (TPSA) is 6.48 Å². The van der Waals surface area contributed by atoms with Crippen LogP contribution in [-0.4, -0.2) is 16.1 Å². The van der Waals surface area contributed by atoms with Crippen LogP contribution in [0.2, 0.25) is 39.3 Å². The van der Waals surface area contributed by atoms with E-state index in [4.69, 9.17) is 0 Å². The molecule has 0 atom stereocenters. The molecule has 0 aliphatic carbocycles. The van der Waals surface area contributed by atoms with Crippen molar-refractivity contribution in [2.75, 3.05) is 9.80 Å². The van der Waals surface area contributed by atoms with Gasteiger partial charge < -0.3 is 9.80 Å². The maximum Gasteiger partial charge on any atom is 0.0792 e. The first-order valence-electron chi connectivity index (χ1n) is 19.0. The van der Waals surface area contributed by atoms with Crippen LogP contribution in [0.1, 0.15) is 22.3 Å².